The van der Waals surface area contributed by atoms with Crippen molar-refractivity contribution < 1.29 is 46.2 Å². The van der Waals surface area contributed by atoms with Gasteiger partial charge in [0, 0.05) is 32.7 Å². The van der Waals surface area contributed by atoms with Crippen molar-refractivity contribution in [2.75, 3.05) is 52.7 Å². The number of hydrogen-bond acceptors (Lipinski definition) is 8. The van der Waals surface area contributed by atoms with Crippen LogP contribution in [0.4, 0.5) is 8.78 Å². The van der Waals surface area contributed by atoms with Crippen LogP contribution in [-0.2, 0) is 24.4 Å². The fraction of sp³-hybridized carbons (Fsp3) is 0.917. The lowest BCUT2D eigenvalue weighted by Gasteiger charge is -2.19. The number of hydrogen-bond donors (Lipinski definition) is 3. The van der Waals surface area contributed by atoms with Crippen molar-refractivity contribution >= 4 is 16.1 Å². The van der Waals surface area contributed by atoms with Crippen molar-refractivity contribution in [1.82, 2.24) is 4.90 Å². The maximum Gasteiger partial charge on any atom is 0.402 e. The van der Waals surface area contributed by atoms with Gasteiger partial charge in [-0.2, -0.15) is 17.2 Å². The maximum atomic E-state index is 12.8. The zero-order chi connectivity index (χ0) is 18.6. The molecule has 0 aromatic rings. The minimum atomic E-state index is -5.62. The van der Waals surface area contributed by atoms with Crippen LogP contribution in [0.1, 0.15) is 12.8 Å². The van der Waals surface area contributed by atoms with Crippen LogP contribution in [0.2, 0.25) is 0 Å². The molecule has 0 rings (SSSR count). The van der Waals surface area contributed by atoms with Gasteiger partial charge in [0.25, 0.3) is 0 Å². The highest BCUT2D eigenvalue weighted by atomic mass is 32.2. The average Bonchev–Trinajstić information content (AvgIpc) is 2.48. The number of esters is 1. The van der Waals surface area contributed by atoms with E-state index >= 15 is 0 Å². The number of aliphatic hydroxyl groups is 2. The number of aliphatic hydroxyl groups excluding tert-OH is 2. The molecule has 144 valence electrons. The van der Waals surface area contributed by atoms with E-state index in [0.717, 1.165) is 0 Å². The van der Waals surface area contributed by atoms with E-state index in [2.05, 4.69) is 4.74 Å². The van der Waals surface area contributed by atoms with Crippen LogP contribution in [0.5, 0.6) is 0 Å². The quantitative estimate of drug-likeness (QED) is 0.199. The van der Waals surface area contributed by atoms with Gasteiger partial charge in [0.1, 0.15) is 0 Å². The van der Waals surface area contributed by atoms with Gasteiger partial charge in [0.15, 0.2) is 6.61 Å². The van der Waals surface area contributed by atoms with Crippen molar-refractivity contribution in [3.63, 3.8) is 0 Å². The number of carbonyl (C=O) groups is 1. The first-order chi connectivity index (χ1) is 11.1. The number of halogens is 2. The highest BCUT2D eigenvalue weighted by Gasteiger charge is 2.45. The monoisotopic (exact) mass is 379 g/mol. The topological polar surface area (TPSA) is 134 Å². The van der Waals surface area contributed by atoms with Crippen molar-refractivity contribution in [1.29, 1.82) is 0 Å². The van der Waals surface area contributed by atoms with Crippen molar-refractivity contribution in [2.24, 2.45) is 0 Å². The molecule has 0 atom stereocenters. The van der Waals surface area contributed by atoms with Gasteiger partial charge in [-0.25, -0.2) is 0 Å². The Balaban J connectivity index is 3.80. The zero-order valence-electron chi connectivity index (χ0n) is 13.1. The fourth-order valence-corrected chi connectivity index (χ4v) is 1.75. The lowest BCUT2D eigenvalue weighted by atomic mass is 10.3. The molecule has 0 spiro atoms. The predicted octanol–water partition coefficient (Wildman–Crippen LogP) is -0.906. The Labute approximate surface area is 138 Å². The maximum absolute atomic E-state index is 12.8. The number of carbonyl (C=O) groups excluding carboxylic acids is 1. The highest BCUT2D eigenvalue weighted by molar-refractivity contribution is 7.86. The Morgan fingerprint density at radius 3 is 2.17 bits per heavy atom. The molecule has 12 heteroatoms. The third kappa shape index (κ3) is 10.1. The van der Waals surface area contributed by atoms with Crippen molar-refractivity contribution in [2.45, 2.75) is 18.1 Å². The van der Waals surface area contributed by atoms with Crippen LogP contribution in [0.25, 0.3) is 0 Å². The summed E-state index contributed by atoms with van der Waals surface area (Å²) in [7, 11) is -5.62. The fourth-order valence-electron chi connectivity index (χ4n) is 1.54. The zero-order valence-corrected chi connectivity index (χ0v) is 13.9. The predicted molar refractivity (Wildman–Crippen MR) is 78.1 cm³/mol. The van der Waals surface area contributed by atoms with Gasteiger partial charge in [0.2, 0.25) is 0 Å². The SMILES string of the molecule is O=C(CCCOCCN(CCO)CCO)OCC(F)(F)S(=O)(=O)O. The van der Waals surface area contributed by atoms with E-state index in [4.69, 9.17) is 19.5 Å². The van der Waals surface area contributed by atoms with Crippen molar-refractivity contribution in [3.8, 4) is 0 Å². The lowest BCUT2D eigenvalue weighted by molar-refractivity contribution is -0.150. The summed E-state index contributed by atoms with van der Waals surface area (Å²) in [6, 6.07) is 0. The minimum absolute atomic E-state index is 0.0555. The van der Waals surface area contributed by atoms with E-state index in [1.165, 1.54) is 0 Å². The summed E-state index contributed by atoms with van der Waals surface area (Å²) in [4.78, 5) is 12.9. The van der Waals surface area contributed by atoms with Crippen molar-refractivity contribution in [3.05, 3.63) is 0 Å². The van der Waals surface area contributed by atoms with E-state index in [0.29, 0.717) is 19.6 Å². The van der Waals surface area contributed by atoms with Gasteiger partial charge in [-0.15, -0.1) is 0 Å². The molecule has 0 unspecified atom stereocenters. The number of alkyl halides is 2. The van der Waals surface area contributed by atoms with Crippen LogP contribution in [0, 0.1) is 0 Å². The van der Waals surface area contributed by atoms with Gasteiger partial charge < -0.3 is 19.7 Å². The molecule has 0 fully saturated rings. The standard InChI is InChI=1S/C12H23F2NO8S/c13-12(14,24(19,20)21)10-23-11(18)2-1-8-22-9-5-15(3-6-16)4-7-17/h16-17H,1-10H2,(H,19,20,21). The molecular formula is C12H23F2NO8S. The normalized spacial score (nSPS) is 12.6. The average molecular weight is 379 g/mol. The molecule has 0 heterocycles. The van der Waals surface area contributed by atoms with Crippen LogP contribution < -0.4 is 0 Å². The van der Waals surface area contributed by atoms with Crippen LogP contribution in [0.3, 0.4) is 0 Å². The smallest absolute Gasteiger partial charge is 0.402 e. The van der Waals surface area contributed by atoms with E-state index in [-0.39, 0.29) is 39.3 Å². The molecule has 3 N–H and O–H groups in total. The summed E-state index contributed by atoms with van der Waals surface area (Å²) in [6.07, 6.45) is -0.0746. The van der Waals surface area contributed by atoms with Crippen LogP contribution in [-0.4, -0.2) is 92.0 Å². The highest BCUT2D eigenvalue weighted by Crippen LogP contribution is 2.20. The summed E-state index contributed by atoms with van der Waals surface area (Å²) < 4.78 is 63.7. The number of nitrogens with zero attached hydrogens (tertiary/aromatic N) is 1. The van der Waals surface area contributed by atoms with Crippen LogP contribution in [0.15, 0.2) is 0 Å². The molecular weight excluding hydrogens is 356 g/mol. The summed E-state index contributed by atoms with van der Waals surface area (Å²) in [6.45, 7) is -0.183. The van der Waals surface area contributed by atoms with Gasteiger partial charge >= 0.3 is 21.3 Å². The van der Waals surface area contributed by atoms with E-state index in [1.807, 2.05) is 0 Å². The minimum Gasteiger partial charge on any atom is -0.458 e. The second kappa shape index (κ2) is 11.6. The number of rotatable bonds is 14. The molecule has 0 aliphatic heterocycles. The first-order valence-corrected chi connectivity index (χ1v) is 8.60. The van der Waals surface area contributed by atoms with Gasteiger partial charge in [-0.3, -0.25) is 14.2 Å². The summed E-state index contributed by atoms with van der Waals surface area (Å²) in [5, 5.41) is 13.1. The molecule has 24 heavy (non-hydrogen) atoms. The summed E-state index contributed by atoms with van der Waals surface area (Å²) in [5.41, 5.74) is 0. The largest absolute Gasteiger partial charge is 0.458 e. The molecule has 0 aromatic heterocycles. The molecule has 0 amide bonds. The van der Waals surface area contributed by atoms with Gasteiger partial charge in [-0.05, 0) is 6.42 Å². The third-order valence-electron chi connectivity index (χ3n) is 2.83. The molecule has 0 radical (unpaired) electrons. The molecule has 0 saturated carbocycles. The van der Waals surface area contributed by atoms with E-state index in [1.54, 1.807) is 4.90 Å². The second-order valence-corrected chi connectivity index (χ2v) is 6.33. The van der Waals surface area contributed by atoms with Gasteiger partial charge in [-0.1, -0.05) is 0 Å². The summed E-state index contributed by atoms with van der Waals surface area (Å²) in [5.74, 6) is -1.04. The van der Waals surface area contributed by atoms with E-state index < -0.39 is 27.9 Å². The van der Waals surface area contributed by atoms with Crippen LogP contribution >= 0.6 is 0 Å². The van der Waals surface area contributed by atoms with E-state index in [9.17, 15) is 22.0 Å². The molecule has 0 bridgehead atoms. The molecule has 0 saturated heterocycles. The molecule has 0 aromatic carbocycles. The lowest BCUT2D eigenvalue weighted by Crippen LogP contribution is -2.34. The molecule has 0 aliphatic carbocycles. The Bertz CT molecular complexity index is 454. The molecule has 9 nitrogen and oxygen atoms in total. The first kappa shape index (κ1) is 23.1. The number of ether oxygens (including phenoxy) is 2. The molecule has 0 aliphatic rings. The van der Waals surface area contributed by atoms with Gasteiger partial charge in [0.05, 0.1) is 19.8 Å². The Morgan fingerprint density at radius 2 is 1.67 bits per heavy atom. The Morgan fingerprint density at radius 1 is 1.08 bits per heavy atom. The first-order valence-electron chi connectivity index (χ1n) is 7.16. The third-order valence-corrected chi connectivity index (χ3v) is 3.71. The Kier molecular flexibility index (Phi) is 11.2. The second-order valence-electron chi connectivity index (χ2n) is 4.78. The summed E-state index contributed by atoms with van der Waals surface area (Å²) >= 11 is 0. The Hall–Kier alpha value is -0.920.